The van der Waals surface area contributed by atoms with Gasteiger partial charge in [0.25, 0.3) is 6.47 Å². The van der Waals surface area contributed by atoms with E-state index in [0.717, 1.165) is 37.4 Å². The van der Waals surface area contributed by atoms with Crippen LogP contribution in [-0.2, 0) is 14.4 Å². The summed E-state index contributed by atoms with van der Waals surface area (Å²) in [6.45, 7) is 3.07. The highest BCUT2D eigenvalue weighted by Gasteiger charge is 2.28. The van der Waals surface area contributed by atoms with Gasteiger partial charge in [0.1, 0.15) is 11.9 Å². The van der Waals surface area contributed by atoms with Crippen molar-refractivity contribution in [3.05, 3.63) is 29.6 Å². The third kappa shape index (κ3) is 6.76. The largest absolute Gasteiger partial charge is 0.483 e. The molecule has 0 spiro atoms. The van der Waals surface area contributed by atoms with E-state index in [0.29, 0.717) is 18.5 Å². The van der Waals surface area contributed by atoms with Crippen LogP contribution < -0.4 is 10.6 Å². The Bertz CT molecular complexity index is 789. The van der Waals surface area contributed by atoms with Crippen molar-refractivity contribution in [2.75, 3.05) is 25.0 Å². The molecule has 3 N–H and O–H groups in total. The highest BCUT2D eigenvalue weighted by molar-refractivity contribution is 6.01. The third-order valence-corrected chi connectivity index (χ3v) is 6.85. The average Bonchev–Trinajstić information content (AvgIpc) is 2.78. The van der Waals surface area contributed by atoms with Gasteiger partial charge in [-0.15, -0.1) is 0 Å². The van der Waals surface area contributed by atoms with E-state index in [4.69, 9.17) is 9.90 Å². The van der Waals surface area contributed by atoms with Gasteiger partial charge in [-0.05, 0) is 74.7 Å². The Morgan fingerprint density at radius 3 is 2.41 bits per heavy atom. The first-order valence-corrected chi connectivity index (χ1v) is 11.7. The minimum atomic E-state index is -0.485. The van der Waals surface area contributed by atoms with Crippen LogP contribution in [0.2, 0.25) is 0 Å². The number of piperidine rings is 2. The maximum atomic E-state index is 14.8. The van der Waals surface area contributed by atoms with Gasteiger partial charge in [0.05, 0.1) is 0 Å². The lowest BCUT2D eigenvalue weighted by atomic mass is 9.86. The van der Waals surface area contributed by atoms with Crippen LogP contribution in [0.1, 0.15) is 69.3 Å². The maximum absolute atomic E-state index is 14.8. The van der Waals surface area contributed by atoms with Crippen LogP contribution >= 0.6 is 0 Å². The number of hydrogen-bond donors (Lipinski definition) is 3. The summed E-state index contributed by atoms with van der Waals surface area (Å²) in [5.41, 5.74) is 1.38. The third-order valence-electron chi connectivity index (χ3n) is 6.85. The van der Waals surface area contributed by atoms with Crippen molar-refractivity contribution in [2.24, 2.45) is 5.92 Å². The first-order chi connectivity index (χ1) is 15.5. The molecule has 2 aliphatic heterocycles. The molecule has 2 saturated heterocycles. The number of imide groups is 1. The number of nitrogens with one attached hydrogen (secondary N) is 2. The van der Waals surface area contributed by atoms with E-state index in [2.05, 4.69) is 15.5 Å². The molecule has 1 aromatic carbocycles. The molecule has 1 aliphatic carbocycles. The minimum absolute atomic E-state index is 0.201. The molecule has 0 aromatic heterocycles. The van der Waals surface area contributed by atoms with Gasteiger partial charge in [-0.3, -0.25) is 19.7 Å². The molecule has 3 fully saturated rings. The average molecular weight is 448 g/mol. The number of halogens is 1. The molecular weight excluding hydrogens is 413 g/mol. The SMILES string of the molecule is O=C1CCC(Nc2ccc(C3CCN(CC4CCCCC4)CC3)c(F)c2)C(=O)N1.O=CO. The topological polar surface area (TPSA) is 98.7 Å². The van der Waals surface area contributed by atoms with Crippen molar-refractivity contribution in [3.63, 3.8) is 0 Å². The number of likely N-dealkylation sites (tertiary alicyclic amines) is 1. The van der Waals surface area contributed by atoms with E-state index in [1.165, 1.54) is 44.7 Å². The quantitative estimate of drug-likeness (QED) is 0.472. The standard InChI is InChI=1S/C23H32FN3O2.CH2O2/c24-20-14-18(25-21-8-9-22(28)26-23(21)29)6-7-19(20)17-10-12-27(13-11-17)15-16-4-2-1-3-5-16;2-1-3/h6-7,14,16-17,21,25H,1-5,8-13,15H2,(H,26,28,29);1H,(H,2,3). The summed E-state index contributed by atoms with van der Waals surface area (Å²) < 4.78 is 14.8. The van der Waals surface area contributed by atoms with Gasteiger partial charge in [-0.2, -0.15) is 0 Å². The van der Waals surface area contributed by atoms with Crippen LogP contribution in [0.3, 0.4) is 0 Å². The first-order valence-electron chi connectivity index (χ1n) is 11.7. The van der Waals surface area contributed by atoms with Crippen molar-refractivity contribution in [1.29, 1.82) is 0 Å². The van der Waals surface area contributed by atoms with E-state index in [9.17, 15) is 14.0 Å². The summed E-state index contributed by atoms with van der Waals surface area (Å²) in [4.78, 5) is 34.1. The predicted octanol–water partition coefficient (Wildman–Crippen LogP) is 3.50. The van der Waals surface area contributed by atoms with Gasteiger partial charge in [0.2, 0.25) is 11.8 Å². The summed E-state index contributed by atoms with van der Waals surface area (Å²) in [5, 5.41) is 12.3. The van der Waals surface area contributed by atoms with E-state index in [1.54, 1.807) is 0 Å². The minimum Gasteiger partial charge on any atom is -0.483 e. The van der Waals surface area contributed by atoms with Gasteiger partial charge in [-0.1, -0.05) is 25.3 Å². The molecule has 1 saturated carbocycles. The number of hydrogen-bond acceptors (Lipinski definition) is 5. The van der Waals surface area contributed by atoms with Gasteiger partial charge >= 0.3 is 0 Å². The molecule has 1 unspecified atom stereocenters. The predicted molar refractivity (Wildman–Crippen MR) is 120 cm³/mol. The van der Waals surface area contributed by atoms with E-state index < -0.39 is 6.04 Å². The Kier molecular flexibility index (Phi) is 9.02. The van der Waals surface area contributed by atoms with Gasteiger partial charge < -0.3 is 15.3 Å². The van der Waals surface area contributed by atoms with Crippen LogP contribution in [0.25, 0.3) is 0 Å². The molecule has 2 amide bonds. The summed E-state index contributed by atoms with van der Waals surface area (Å²) in [6.07, 6.45) is 9.65. The Labute approximate surface area is 188 Å². The Balaban J connectivity index is 0.000000913. The lowest BCUT2D eigenvalue weighted by Gasteiger charge is -2.35. The molecule has 1 atom stereocenters. The van der Waals surface area contributed by atoms with Crippen LogP contribution in [0.5, 0.6) is 0 Å². The lowest BCUT2D eigenvalue weighted by molar-refractivity contribution is -0.133. The van der Waals surface area contributed by atoms with Crippen molar-refractivity contribution in [3.8, 4) is 0 Å². The summed E-state index contributed by atoms with van der Waals surface area (Å²) in [6, 6.07) is 4.73. The second-order valence-corrected chi connectivity index (χ2v) is 9.07. The van der Waals surface area contributed by atoms with E-state index >= 15 is 0 Å². The molecule has 4 rings (SSSR count). The number of carbonyl (C=O) groups is 3. The Hall–Kier alpha value is -2.48. The smallest absolute Gasteiger partial charge is 0.290 e. The zero-order valence-corrected chi connectivity index (χ0v) is 18.5. The lowest BCUT2D eigenvalue weighted by Crippen LogP contribution is -2.47. The van der Waals surface area contributed by atoms with Gasteiger partial charge in [0.15, 0.2) is 0 Å². The Morgan fingerprint density at radius 2 is 1.78 bits per heavy atom. The summed E-state index contributed by atoms with van der Waals surface area (Å²) in [7, 11) is 0. The highest BCUT2D eigenvalue weighted by atomic mass is 19.1. The number of anilines is 1. The fourth-order valence-electron chi connectivity index (χ4n) is 5.14. The molecule has 8 heteroatoms. The zero-order valence-electron chi connectivity index (χ0n) is 18.5. The van der Waals surface area contributed by atoms with Crippen LogP contribution in [0.15, 0.2) is 18.2 Å². The monoisotopic (exact) mass is 447 g/mol. The number of carboxylic acid groups (broad SMARTS) is 1. The van der Waals surface area contributed by atoms with Crippen LogP contribution in [-0.4, -0.2) is 54.0 Å². The van der Waals surface area contributed by atoms with E-state index in [-0.39, 0.29) is 30.0 Å². The summed E-state index contributed by atoms with van der Waals surface area (Å²) >= 11 is 0. The fraction of sp³-hybridized carbons (Fsp3) is 0.625. The molecule has 0 radical (unpaired) electrons. The van der Waals surface area contributed by atoms with Crippen molar-refractivity contribution < 1.29 is 23.9 Å². The molecule has 7 nitrogen and oxygen atoms in total. The van der Waals surface area contributed by atoms with Crippen molar-refractivity contribution >= 4 is 24.0 Å². The van der Waals surface area contributed by atoms with Crippen LogP contribution in [0.4, 0.5) is 10.1 Å². The molecule has 0 bridgehead atoms. The second-order valence-electron chi connectivity index (χ2n) is 9.07. The van der Waals surface area contributed by atoms with Crippen molar-refractivity contribution in [2.45, 2.75) is 69.7 Å². The maximum Gasteiger partial charge on any atom is 0.290 e. The van der Waals surface area contributed by atoms with Gasteiger partial charge in [-0.25, -0.2) is 4.39 Å². The number of benzene rings is 1. The molecule has 176 valence electrons. The van der Waals surface area contributed by atoms with Crippen molar-refractivity contribution in [1.82, 2.24) is 10.2 Å². The van der Waals surface area contributed by atoms with Crippen LogP contribution in [0, 0.1) is 11.7 Å². The van der Waals surface area contributed by atoms with Gasteiger partial charge in [0, 0.05) is 18.7 Å². The normalized spacial score (nSPS) is 23.1. The zero-order chi connectivity index (χ0) is 22.9. The number of nitrogens with zero attached hydrogens (tertiary/aromatic N) is 1. The number of rotatable bonds is 5. The molecule has 3 aliphatic rings. The second kappa shape index (κ2) is 11.9. The molecular formula is C24H34FN3O4. The number of amides is 2. The number of carbonyl (C=O) groups excluding carboxylic acids is 2. The first kappa shape index (κ1) is 24.2. The summed E-state index contributed by atoms with van der Waals surface area (Å²) in [5.74, 6) is 0.338. The molecule has 32 heavy (non-hydrogen) atoms. The highest BCUT2D eigenvalue weighted by Crippen LogP contribution is 2.33. The molecule has 1 aromatic rings. The fourth-order valence-corrected chi connectivity index (χ4v) is 5.14. The molecule has 2 heterocycles. The Morgan fingerprint density at radius 1 is 1.09 bits per heavy atom. The van der Waals surface area contributed by atoms with E-state index in [1.807, 2.05) is 12.1 Å².